The van der Waals surface area contributed by atoms with Crippen molar-refractivity contribution >= 4 is 11.9 Å². The van der Waals surface area contributed by atoms with Crippen LogP contribution in [0.3, 0.4) is 0 Å². The second kappa shape index (κ2) is 55.2. The molecule has 315 valence electrons. The van der Waals surface area contributed by atoms with Gasteiger partial charge in [0.1, 0.15) is 0 Å². The van der Waals surface area contributed by atoms with Gasteiger partial charge < -0.3 is 10.2 Å². The molecule has 1 atom stereocenters. The summed E-state index contributed by atoms with van der Waals surface area (Å²) in [7, 11) is 0. The van der Waals surface area contributed by atoms with Crippen molar-refractivity contribution in [1.82, 2.24) is 0 Å². The predicted octanol–water partition coefficient (Wildman–Crippen LogP) is 14.1. The van der Waals surface area contributed by atoms with E-state index < -0.39 is 31.4 Å². The number of aliphatic carboxylic acids is 2. The van der Waals surface area contributed by atoms with Gasteiger partial charge in [0.2, 0.25) is 0 Å². The van der Waals surface area contributed by atoms with Gasteiger partial charge in [-0.2, -0.15) is 0 Å². The SMILES string of the molecule is CCCCCCCC/C=C\CCCCCCC(C(=O)O)C(C)C.CCCCCCCC/C=C\CCCCCCCC(=O)O.CCCCCOO.[O]=[Ti][OH]. The minimum absolute atomic E-state index is 0.160. The van der Waals surface area contributed by atoms with Gasteiger partial charge in [-0.05, 0) is 76.5 Å². The number of allylic oxidation sites excluding steroid dienone is 4. The summed E-state index contributed by atoms with van der Waals surface area (Å²) in [5, 5.41) is 25.4. The van der Waals surface area contributed by atoms with Gasteiger partial charge in [0.05, 0.1) is 12.5 Å². The van der Waals surface area contributed by atoms with Crippen LogP contribution in [0.2, 0.25) is 0 Å². The van der Waals surface area contributed by atoms with E-state index in [1.165, 1.54) is 148 Å². The minimum atomic E-state index is -1.75. The molecule has 8 nitrogen and oxygen atoms in total. The van der Waals surface area contributed by atoms with Crippen molar-refractivity contribution in [2.75, 3.05) is 6.61 Å². The molecule has 0 rings (SSSR count). The van der Waals surface area contributed by atoms with Crippen LogP contribution in [0.1, 0.15) is 227 Å². The number of carbonyl (C=O) groups is 2. The van der Waals surface area contributed by atoms with Gasteiger partial charge in [-0.25, -0.2) is 4.89 Å². The van der Waals surface area contributed by atoms with Crippen molar-refractivity contribution in [2.24, 2.45) is 11.8 Å². The van der Waals surface area contributed by atoms with Crippen molar-refractivity contribution in [2.45, 2.75) is 227 Å². The Balaban J connectivity index is -0.000000362. The van der Waals surface area contributed by atoms with Crippen molar-refractivity contribution in [1.29, 1.82) is 0 Å². The Morgan fingerprint density at radius 3 is 1.19 bits per heavy atom. The summed E-state index contributed by atoms with van der Waals surface area (Å²) in [5.41, 5.74) is 0. The van der Waals surface area contributed by atoms with E-state index in [-0.39, 0.29) is 11.8 Å². The van der Waals surface area contributed by atoms with Crippen molar-refractivity contribution in [3.05, 3.63) is 24.3 Å². The van der Waals surface area contributed by atoms with Crippen LogP contribution >= 0.6 is 0 Å². The Kier molecular flexibility index (Phi) is 60.9. The summed E-state index contributed by atoms with van der Waals surface area (Å²) in [6, 6.07) is 0. The summed E-state index contributed by atoms with van der Waals surface area (Å²) in [6.45, 7) is 11.1. The number of hydrogen-bond donors (Lipinski definition) is 4. The van der Waals surface area contributed by atoms with Crippen LogP contribution in [0.4, 0.5) is 0 Å². The second-order valence-electron chi connectivity index (χ2n) is 14.6. The van der Waals surface area contributed by atoms with Gasteiger partial charge in [0.15, 0.2) is 0 Å². The molecular weight excluding hydrogens is 704 g/mol. The molecule has 4 N–H and O–H groups in total. The molecule has 0 heterocycles. The quantitative estimate of drug-likeness (QED) is 0.0163. The molecule has 0 aromatic rings. The molecule has 0 spiro atoms. The maximum atomic E-state index is 11.1. The summed E-state index contributed by atoms with van der Waals surface area (Å²) in [5.74, 6) is -1.20. The molecule has 0 saturated heterocycles. The average molecular weight is 792 g/mol. The zero-order chi connectivity index (χ0) is 40.5. The van der Waals surface area contributed by atoms with Gasteiger partial charge in [0, 0.05) is 6.42 Å². The number of unbranched alkanes of at least 4 members (excludes halogenated alkanes) is 23. The Hall–Kier alpha value is -1.19. The first-order valence-electron chi connectivity index (χ1n) is 21.7. The van der Waals surface area contributed by atoms with Crippen LogP contribution in [0.15, 0.2) is 24.3 Å². The summed E-state index contributed by atoms with van der Waals surface area (Å²) < 4.78 is 15.8. The fraction of sp³-hybridized carbons (Fsp3) is 0.864. The van der Waals surface area contributed by atoms with Crippen LogP contribution < -0.4 is 0 Å². The van der Waals surface area contributed by atoms with Crippen LogP contribution in [-0.2, 0) is 37.3 Å². The fourth-order valence-electron chi connectivity index (χ4n) is 5.76. The number of carboxylic acid groups (broad SMARTS) is 2. The van der Waals surface area contributed by atoms with Gasteiger partial charge in [-0.15, -0.1) is 0 Å². The Morgan fingerprint density at radius 1 is 0.547 bits per heavy atom. The Labute approximate surface area is 337 Å². The van der Waals surface area contributed by atoms with Gasteiger partial charge in [-0.3, -0.25) is 14.8 Å². The summed E-state index contributed by atoms with van der Waals surface area (Å²) >= 11 is -1.75. The number of carboxylic acids is 2. The first-order valence-corrected chi connectivity index (χ1v) is 23.0. The van der Waals surface area contributed by atoms with Crippen molar-refractivity contribution < 1.29 is 56.5 Å². The van der Waals surface area contributed by atoms with Gasteiger partial charge >= 0.3 is 38.5 Å². The van der Waals surface area contributed by atoms with Crippen LogP contribution in [0.5, 0.6) is 0 Å². The third-order valence-electron chi connectivity index (χ3n) is 9.14. The van der Waals surface area contributed by atoms with Crippen LogP contribution in [-0.4, -0.2) is 37.7 Å². The maximum absolute atomic E-state index is 11.1. The van der Waals surface area contributed by atoms with Gasteiger partial charge in [-0.1, -0.05) is 174 Å². The molecule has 0 fully saturated rings. The molecule has 0 aromatic carbocycles. The molecule has 53 heavy (non-hydrogen) atoms. The molecule has 0 radical (unpaired) electrons. The van der Waals surface area contributed by atoms with E-state index in [0.717, 1.165) is 38.5 Å². The molecule has 9 heteroatoms. The summed E-state index contributed by atoms with van der Waals surface area (Å²) in [4.78, 5) is 25.3. The standard InChI is InChI=1S/C21H40O2.C18H34O2.C5H12O2.H2O.O.Ti/c1-4-5-6-7-8-9-10-11-12-13-14-15-16-17-18-20(19(2)3)21(22)23;1-2-3-4-5-6-7-8-9-10-11-12-13-14-15-16-17-18(19)20;1-2-3-4-5-7-6;;;/h11-12,19-20H,4-10,13-18H2,1-3H3,(H,22,23);9-10H,2-8,11-17H2,1H3,(H,19,20);6H,2-5H2,1H3;1H2;;/q;;;;;+1/p-1/b12-11-;10-9-;;;;. The molecule has 0 saturated carbocycles. The van der Waals surface area contributed by atoms with E-state index in [9.17, 15) is 9.59 Å². The molecule has 0 aliphatic rings. The van der Waals surface area contributed by atoms with Gasteiger partial charge in [0.25, 0.3) is 0 Å². The molecule has 0 aromatic heterocycles. The van der Waals surface area contributed by atoms with E-state index >= 15 is 0 Å². The molecule has 0 amide bonds. The monoisotopic (exact) mass is 792 g/mol. The molecule has 0 aliphatic carbocycles. The van der Waals surface area contributed by atoms with E-state index in [0.29, 0.717) is 13.0 Å². The van der Waals surface area contributed by atoms with E-state index in [4.69, 9.17) is 22.5 Å². The first-order chi connectivity index (χ1) is 25.7. The van der Waals surface area contributed by atoms with E-state index in [2.05, 4.69) is 50.0 Å². The fourth-order valence-corrected chi connectivity index (χ4v) is 5.76. The van der Waals surface area contributed by atoms with E-state index in [1.807, 2.05) is 13.8 Å². The number of hydrogen-bond acceptors (Lipinski definition) is 5. The Bertz CT molecular complexity index is 769. The molecular formula is C44H87O8Ti. The molecule has 1 unspecified atom stereocenters. The Morgan fingerprint density at radius 2 is 0.868 bits per heavy atom. The average Bonchev–Trinajstić information content (AvgIpc) is 3.12. The molecule has 0 aliphatic heterocycles. The zero-order valence-corrected chi connectivity index (χ0v) is 36.9. The second-order valence-corrected chi connectivity index (χ2v) is 14.9. The third-order valence-corrected chi connectivity index (χ3v) is 9.14. The summed E-state index contributed by atoms with van der Waals surface area (Å²) in [6.07, 6.45) is 45.4. The van der Waals surface area contributed by atoms with Crippen LogP contribution in [0.25, 0.3) is 0 Å². The van der Waals surface area contributed by atoms with Crippen LogP contribution in [0, 0.1) is 11.8 Å². The normalized spacial score (nSPS) is 11.3. The first kappa shape index (κ1) is 58.5. The zero-order valence-electron chi connectivity index (χ0n) is 35.3. The predicted molar refractivity (Wildman–Crippen MR) is 219 cm³/mol. The topological polar surface area (TPSA) is 141 Å². The number of rotatable bonds is 35. The van der Waals surface area contributed by atoms with Crippen molar-refractivity contribution in [3.63, 3.8) is 0 Å². The van der Waals surface area contributed by atoms with Crippen molar-refractivity contribution in [3.8, 4) is 0 Å². The van der Waals surface area contributed by atoms with E-state index in [1.54, 1.807) is 0 Å². The molecule has 0 bridgehead atoms. The third kappa shape index (κ3) is 63.1.